The van der Waals surface area contributed by atoms with Crippen LogP contribution in [0.3, 0.4) is 0 Å². The van der Waals surface area contributed by atoms with Gasteiger partial charge in [0.05, 0.1) is 31.0 Å². The molecule has 3 aliphatic rings. The van der Waals surface area contributed by atoms with Crippen LogP contribution >= 0.6 is 0 Å². The molecule has 3 heterocycles. The number of benzene rings is 1. The van der Waals surface area contributed by atoms with Gasteiger partial charge in [0.15, 0.2) is 11.5 Å². The number of rotatable bonds is 3. The number of para-hydroxylation sites is 1. The summed E-state index contributed by atoms with van der Waals surface area (Å²) < 4.78 is 17.5. The molecule has 1 aromatic heterocycles. The molecule has 1 aromatic carbocycles. The number of anilines is 2. The van der Waals surface area contributed by atoms with Crippen LogP contribution in [0.2, 0.25) is 0 Å². The summed E-state index contributed by atoms with van der Waals surface area (Å²) in [5.74, 6) is 0.965. The van der Waals surface area contributed by atoms with Crippen molar-refractivity contribution in [3.05, 3.63) is 47.7 Å². The lowest BCUT2D eigenvalue weighted by atomic mass is 9.90. The van der Waals surface area contributed by atoms with Gasteiger partial charge in [-0.1, -0.05) is 12.1 Å². The first-order chi connectivity index (χ1) is 14.6. The number of ether oxygens (including phenoxy) is 3. The zero-order valence-electron chi connectivity index (χ0n) is 17.2. The number of aromatic nitrogens is 1. The predicted octanol–water partition coefficient (Wildman–Crippen LogP) is 3.34. The third-order valence-electron chi connectivity index (χ3n) is 6.16. The second-order valence-electron chi connectivity index (χ2n) is 8.20. The lowest BCUT2D eigenvalue weighted by Gasteiger charge is -2.36. The molecule has 1 amide bonds. The van der Waals surface area contributed by atoms with E-state index < -0.39 is 5.79 Å². The Balaban J connectivity index is 1.32. The fourth-order valence-corrected chi connectivity index (χ4v) is 4.54. The molecule has 1 N–H and O–H groups in total. The van der Waals surface area contributed by atoms with Gasteiger partial charge in [-0.05, 0) is 43.5 Å². The summed E-state index contributed by atoms with van der Waals surface area (Å²) in [6, 6.07) is 9.87. The number of fused-ring (bicyclic) bond motifs is 1. The Bertz CT molecular complexity index is 915. The Labute approximate surface area is 176 Å². The molecule has 158 valence electrons. The molecule has 2 fully saturated rings. The number of pyridine rings is 1. The molecular weight excluding hydrogens is 382 g/mol. The maximum Gasteiger partial charge on any atom is 0.255 e. The second kappa shape index (κ2) is 7.89. The first-order valence-corrected chi connectivity index (χ1v) is 10.7. The zero-order valence-corrected chi connectivity index (χ0v) is 17.2. The summed E-state index contributed by atoms with van der Waals surface area (Å²) in [6.07, 6.45) is 5.18. The van der Waals surface area contributed by atoms with Gasteiger partial charge in [-0.2, -0.15) is 0 Å². The van der Waals surface area contributed by atoms with Crippen molar-refractivity contribution >= 4 is 17.4 Å². The normalized spacial score (nSPS) is 20.6. The highest BCUT2D eigenvalue weighted by Crippen LogP contribution is 2.39. The first-order valence-electron chi connectivity index (χ1n) is 10.7. The number of nitrogens with one attached hydrogen (secondary N) is 1. The lowest BCUT2D eigenvalue weighted by Crippen LogP contribution is -2.44. The van der Waals surface area contributed by atoms with Gasteiger partial charge in [-0.25, -0.2) is 4.98 Å². The van der Waals surface area contributed by atoms with E-state index in [4.69, 9.17) is 14.2 Å². The van der Waals surface area contributed by atoms with E-state index in [9.17, 15) is 4.79 Å². The minimum atomic E-state index is -0.419. The van der Waals surface area contributed by atoms with Gasteiger partial charge in [0.25, 0.3) is 5.91 Å². The van der Waals surface area contributed by atoms with E-state index in [1.54, 1.807) is 0 Å². The van der Waals surface area contributed by atoms with Crippen LogP contribution in [0.25, 0.3) is 0 Å². The van der Waals surface area contributed by atoms with E-state index in [0.717, 1.165) is 42.8 Å². The SMILES string of the molecule is Cc1ccc(N2CCOc3c(C(=O)NC4CCC5(CC4)OCCO5)cccc32)nc1. The van der Waals surface area contributed by atoms with Crippen LogP contribution in [-0.2, 0) is 9.47 Å². The Morgan fingerprint density at radius 1 is 1.13 bits per heavy atom. The zero-order chi connectivity index (χ0) is 20.6. The van der Waals surface area contributed by atoms with E-state index in [0.29, 0.717) is 37.7 Å². The summed E-state index contributed by atoms with van der Waals surface area (Å²) in [5, 5.41) is 3.19. The van der Waals surface area contributed by atoms with Crippen LogP contribution in [-0.4, -0.2) is 49.1 Å². The Hall–Kier alpha value is -2.64. The fraction of sp³-hybridized carbons (Fsp3) is 0.478. The summed E-state index contributed by atoms with van der Waals surface area (Å²) in [6.45, 7) is 4.55. The molecule has 1 saturated carbocycles. The molecule has 0 unspecified atom stereocenters. The minimum Gasteiger partial charge on any atom is -0.489 e. The van der Waals surface area contributed by atoms with Crippen molar-refractivity contribution in [1.82, 2.24) is 10.3 Å². The molecule has 30 heavy (non-hydrogen) atoms. The molecule has 1 aliphatic carbocycles. The lowest BCUT2D eigenvalue weighted by molar-refractivity contribution is -0.179. The highest BCUT2D eigenvalue weighted by Gasteiger charge is 2.40. The summed E-state index contributed by atoms with van der Waals surface area (Å²) in [5.41, 5.74) is 2.56. The average molecular weight is 409 g/mol. The molecule has 1 saturated heterocycles. The van der Waals surface area contributed by atoms with E-state index in [-0.39, 0.29) is 11.9 Å². The smallest absolute Gasteiger partial charge is 0.255 e. The van der Waals surface area contributed by atoms with Crippen LogP contribution in [0.1, 0.15) is 41.6 Å². The predicted molar refractivity (Wildman–Crippen MR) is 112 cm³/mol. The molecular formula is C23H27N3O4. The number of hydrogen-bond acceptors (Lipinski definition) is 6. The molecule has 7 nitrogen and oxygen atoms in total. The quantitative estimate of drug-likeness (QED) is 0.838. The van der Waals surface area contributed by atoms with Crippen molar-refractivity contribution in [2.75, 3.05) is 31.3 Å². The second-order valence-corrected chi connectivity index (χ2v) is 8.20. The fourth-order valence-electron chi connectivity index (χ4n) is 4.54. The van der Waals surface area contributed by atoms with Crippen LogP contribution in [0, 0.1) is 6.92 Å². The third kappa shape index (κ3) is 3.63. The van der Waals surface area contributed by atoms with Gasteiger partial charge in [-0.15, -0.1) is 0 Å². The highest BCUT2D eigenvalue weighted by atomic mass is 16.7. The van der Waals surface area contributed by atoms with Crippen LogP contribution in [0.15, 0.2) is 36.5 Å². The van der Waals surface area contributed by atoms with Crippen molar-refractivity contribution in [3.8, 4) is 5.75 Å². The number of amides is 1. The number of hydrogen-bond donors (Lipinski definition) is 1. The van der Waals surface area contributed by atoms with E-state index in [1.807, 2.05) is 43.5 Å². The molecule has 2 aromatic rings. The molecule has 2 aliphatic heterocycles. The number of nitrogens with zero attached hydrogens (tertiary/aromatic N) is 2. The monoisotopic (exact) mass is 409 g/mol. The van der Waals surface area contributed by atoms with E-state index in [1.165, 1.54) is 0 Å². The largest absolute Gasteiger partial charge is 0.489 e. The highest BCUT2D eigenvalue weighted by molar-refractivity contribution is 5.99. The van der Waals surface area contributed by atoms with Crippen LogP contribution in [0.4, 0.5) is 11.5 Å². The minimum absolute atomic E-state index is 0.0974. The van der Waals surface area contributed by atoms with Gasteiger partial charge >= 0.3 is 0 Å². The standard InChI is InChI=1S/C23H27N3O4/c1-16-5-6-20(24-15-16)26-11-12-28-21-18(3-2-4-19(21)26)22(27)25-17-7-9-23(10-8-17)29-13-14-30-23/h2-6,15,17H,7-14H2,1H3,(H,25,27). The van der Waals surface area contributed by atoms with Crippen molar-refractivity contribution in [2.45, 2.75) is 44.4 Å². The molecule has 0 radical (unpaired) electrons. The maximum absolute atomic E-state index is 13.1. The van der Waals surface area contributed by atoms with Crippen LogP contribution < -0.4 is 15.0 Å². The van der Waals surface area contributed by atoms with Gasteiger partial charge < -0.3 is 24.4 Å². The number of carbonyl (C=O) groups is 1. The van der Waals surface area contributed by atoms with E-state index in [2.05, 4.69) is 15.2 Å². The summed E-state index contributed by atoms with van der Waals surface area (Å²) in [4.78, 5) is 19.8. The van der Waals surface area contributed by atoms with Gasteiger partial charge in [0.1, 0.15) is 12.4 Å². The number of aryl methyl sites for hydroxylation is 1. The molecule has 0 bridgehead atoms. The third-order valence-corrected chi connectivity index (χ3v) is 6.16. The maximum atomic E-state index is 13.1. The molecule has 7 heteroatoms. The van der Waals surface area contributed by atoms with Gasteiger partial charge in [0, 0.05) is 25.1 Å². The Morgan fingerprint density at radius 2 is 1.93 bits per heavy atom. The summed E-state index contributed by atoms with van der Waals surface area (Å²) >= 11 is 0. The van der Waals surface area contributed by atoms with Crippen molar-refractivity contribution in [2.24, 2.45) is 0 Å². The Morgan fingerprint density at radius 3 is 2.67 bits per heavy atom. The molecule has 1 spiro atoms. The molecule has 5 rings (SSSR count). The Kier molecular flexibility index (Phi) is 5.08. The summed E-state index contributed by atoms with van der Waals surface area (Å²) in [7, 11) is 0. The van der Waals surface area contributed by atoms with Crippen LogP contribution in [0.5, 0.6) is 5.75 Å². The van der Waals surface area contributed by atoms with Crippen molar-refractivity contribution < 1.29 is 19.0 Å². The first kappa shape index (κ1) is 19.3. The topological polar surface area (TPSA) is 72.9 Å². The van der Waals surface area contributed by atoms with Gasteiger partial charge in [0.2, 0.25) is 0 Å². The van der Waals surface area contributed by atoms with Crippen molar-refractivity contribution in [1.29, 1.82) is 0 Å². The average Bonchev–Trinajstić information content (AvgIpc) is 3.23. The van der Waals surface area contributed by atoms with Crippen molar-refractivity contribution in [3.63, 3.8) is 0 Å². The number of carbonyl (C=O) groups excluding carboxylic acids is 1. The van der Waals surface area contributed by atoms with Gasteiger partial charge in [-0.3, -0.25) is 4.79 Å². The van der Waals surface area contributed by atoms with E-state index >= 15 is 0 Å². The molecule has 0 atom stereocenters.